The number of carbonyl (C=O) groups excluding carboxylic acids is 2. The summed E-state index contributed by atoms with van der Waals surface area (Å²) in [5, 5.41) is 3.40. The van der Waals surface area contributed by atoms with Crippen LogP contribution >= 0.6 is 35.0 Å². The average molecular weight is 585 g/mol. The van der Waals surface area contributed by atoms with Gasteiger partial charge in [0.15, 0.2) is 15.0 Å². The van der Waals surface area contributed by atoms with E-state index in [-0.39, 0.29) is 23.2 Å². The number of thioether (sulfide) groups is 1. The van der Waals surface area contributed by atoms with Crippen LogP contribution in [-0.2, 0) is 25.8 Å². The fraction of sp³-hybridized carbons (Fsp3) is 0.400. The number of nitrogens with zero attached hydrogens (tertiary/aromatic N) is 2. The van der Waals surface area contributed by atoms with Gasteiger partial charge >= 0.3 is 6.09 Å². The van der Waals surface area contributed by atoms with Gasteiger partial charge in [0.1, 0.15) is 11.6 Å². The highest BCUT2D eigenvalue weighted by molar-refractivity contribution is 8.16. The number of amides is 2. The molecule has 198 valence electrons. The van der Waals surface area contributed by atoms with Crippen molar-refractivity contribution in [2.24, 2.45) is 4.99 Å². The quantitative estimate of drug-likeness (QED) is 0.542. The predicted octanol–water partition coefficient (Wildman–Crippen LogP) is 4.73. The van der Waals surface area contributed by atoms with Gasteiger partial charge in [0, 0.05) is 16.7 Å². The number of amidine groups is 1. The highest BCUT2D eigenvalue weighted by Gasteiger charge is 2.50. The van der Waals surface area contributed by atoms with E-state index in [0.717, 1.165) is 5.56 Å². The number of hydrogen-bond acceptors (Lipinski definition) is 6. The predicted molar refractivity (Wildman–Crippen MR) is 149 cm³/mol. The molecule has 0 aliphatic carbocycles. The van der Waals surface area contributed by atoms with Gasteiger partial charge in [-0.05, 0) is 44.5 Å². The third-order valence-electron chi connectivity index (χ3n) is 5.71. The summed E-state index contributed by atoms with van der Waals surface area (Å²) in [6.07, 6.45) is -0.537. The number of rotatable bonds is 5. The Morgan fingerprint density at radius 3 is 2.51 bits per heavy atom. The van der Waals surface area contributed by atoms with Gasteiger partial charge in [-0.25, -0.2) is 13.2 Å². The molecule has 0 saturated carbocycles. The molecule has 2 aromatic carbocycles. The van der Waals surface area contributed by atoms with Crippen LogP contribution in [0.25, 0.3) is 0 Å². The standard InChI is InChI=1S/C25H27Cl2N3O5S2/c1-25(2,3)35-24(32)28-18(11-15-7-5-4-6-8-15)22(31)29-23-30(19-10-9-16(26)12-17(19)27)20-13-37(33,34)14-21(20)36-23/h4-10,12,18,20-21H,11,13-14H2,1-3H3,(H,28,32)/t18-,20+,21-/m0/s1. The van der Waals surface area contributed by atoms with Crippen LogP contribution in [0.3, 0.4) is 0 Å². The summed E-state index contributed by atoms with van der Waals surface area (Å²) in [6.45, 7) is 5.20. The van der Waals surface area contributed by atoms with E-state index in [0.29, 0.717) is 20.9 Å². The van der Waals surface area contributed by atoms with Crippen molar-refractivity contribution in [2.45, 2.75) is 50.1 Å². The van der Waals surface area contributed by atoms with E-state index >= 15 is 0 Å². The molecule has 2 aliphatic heterocycles. The molecule has 2 amide bonds. The van der Waals surface area contributed by atoms with Crippen LogP contribution in [0.5, 0.6) is 0 Å². The first-order chi connectivity index (χ1) is 17.3. The zero-order valence-electron chi connectivity index (χ0n) is 20.5. The molecule has 0 radical (unpaired) electrons. The topological polar surface area (TPSA) is 105 Å². The molecular formula is C25H27Cl2N3O5S2. The SMILES string of the molecule is CC(C)(C)OC(=O)N[C@@H](Cc1ccccc1)C(=O)N=C1S[C@H]2CS(=O)(=O)C[C@H]2N1c1ccc(Cl)cc1Cl. The Kier molecular flexibility index (Phi) is 8.13. The van der Waals surface area contributed by atoms with Crippen LogP contribution in [0.4, 0.5) is 10.5 Å². The second-order valence-corrected chi connectivity index (χ2v) is 14.1. The lowest BCUT2D eigenvalue weighted by Gasteiger charge is -2.26. The molecule has 3 atom stereocenters. The summed E-state index contributed by atoms with van der Waals surface area (Å²) in [6, 6.07) is 12.7. The Bertz CT molecular complexity index is 1330. The van der Waals surface area contributed by atoms with Gasteiger partial charge in [-0.15, -0.1) is 0 Å². The Morgan fingerprint density at radius 2 is 1.86 bits per heavy atom. The molecule has 2 aliphatic rings. The largest absolute Gasteiger partial charge is 0.444 e. The fourth-order valence-electron chi connectivity index (χ4n) is 4.19. The van der Waals surface area contributed by atoms with Crippen LogP contribution in [0.2, 0.25) is 10.0 Å². The lowest BCUT2D eigenvalue weighted by atomic mass is 10.1. The van der Waals surface area contributed by atoms with Crippen LogP contribution in [0, 0.1) is 0 Å². The number of carbonyl (C=O) groups is 2. The molecule has 8 nitrogen and oxygen atoms in total. The normalized spacial score (nSPS) is 22.5. The number of ether oxygens (including phenoxy) is 1. The van der Waals surface area contributed by atoms with E-state index in [1.807, 2.05) is 30.3 Å². The number of anilines is 1. The Balaban J connectivity index is 1.67. The minimum atomic E-state index is -3.25. The molecule has 37 heavy (non-hydrogen) atoms. The molecule has 2 aromatic rings. The molecule has 1 N–H and O–H groups in total. The lowest BCUT2D eigenvalue weighted by molar-refractivity contribution is -0.119. The van der Waals surface area contributed by atoms with E-state index in [9.17, 15) is 18.0 Å². The van der Waals surface area contributed by atoms with Crippen LogP contribution < -0.4 is 10.2 Å². The molecule has 2 saturated heterocycles. The molecule has 0 bridgehead atoms. The van der Waals surface area contributed by atoms with Crippen molar-refractivity contribution in [1.82, 2.24) is 5.32 Å². The minimum absolute atomic E-state index is 0.0269. The third kappa shape index (κ3) is 6.98. The monoisotopic (exact) mass is 583 g/mol. The second kappa shape index (κ2) is 10.8. The van der Waals surface area contributed by atoms with Gasteiger partial charge in [0.2, 0.25) is 0 Å². The van der Waals surface area contributed by atoms with Crippen molar-refractivity contribution in [3.8, 4) is 0 Å². The molecule has 0 spiro atoms. The first-order valence-corrected chi connectivity index (χ1v) is 15.0. The second-order valence-electron chi connectivity index (χ2n) is 9.89. The number of halogens is 2. The number of benzene rings is 2. The van der Waals surface area contributed by atoms with Crippen molar-refractivity contribution in [1.29, 1.82) is 0 Å². The first-order valence-electron chi connectivity index (χ1n) is 11.6. The zero-order chi connectivity index (χ0) is 27.0. The van der Waals surface area contributed by atoms with Crippen LogP contribution in [0.15, 0.2) is 53.5 Å². The highest BCUT2D eigenvalue weighted by atomic mass is 35.5. The minimum Gasteiger partial charge on any atom is -0.444 e. The number of alkyl carbamates (subject to hydrolysis) is 1. The molecule has 2 heterocycles. The molecule has 2 fully saturated rings. The van der Waals surface area contributed by atoms with E-state index < -0.39 is 39.5 Å². The smallest absolute Gasteiger partial charge is 0.408 e. The average Bonchev–Trinajstić information content (AvgIpc) is 3.24. The van der Waals surface area contributed by atoms with Gasteiger partial charge in [-0.1, -0.05) is 65.3 Å². The summed E-state index contributed by atoms with van der Waals surface area (Å²) in [5.74, 6) is -0.698. The van der Waals surface area contributed by atoms with E-state index in [1.54, 1.807) is 43.9 Å². The fourth-order valence-corrected chi connectivity index (χ4v) is 8.61. The maximum atomic E-state index is 13.5. The third-order valence-corrected chi connectivity index (χ3v) is 9.46. The van der Waals surface area contributed by atoms with Gasteiger partial charge in [-0.3, -0.25) is 4.79 Å². The van der Waals surface area contributed by atoms with Gasteiger partial charge in [0.25, 0.3) is 5.91 Å². The maximum Gasteiger partial charge on any atom is 0.408 e. The molecule has 12 heteroatoms. The summed E-state index contributed by atoms with van der Waals surface area (Å²) in [7, 11) is -3.25. The Morgan fingerprint density at radius 1 is 1.16 bits per heavy atom. The summed E-state index contributed by atoms with van der Waals surface area (Å²) in [5.41, 5.74) is 0.592. The molecular weight excluding hydrogens is 557 g/mol. The highest BCUT2D eigenvalue weighted by Crippen LogP contribution is 2.43. The molecule has 0 aromatic heterocycles. The first kappa shape index (κ1) is 27.8. The summed E-state index contributed by atoms with van der Waals surface area (Å²) >= 11 is 13.8. The molecule has 4 rings (SSSR count). The summed E-state index contributed by atoms with van der Waals surface area (Å²) < 4.78 is 30.1. The van der Waals surface area contributed by atoms with Crippen LogP contribution in [-0.4, -0.2) is 60.0 Å². The summed E-state index contributed by atoms with van der Waals surface area (Å²) in [4.78, 5) is 32.1. The van der Waals surface area contributed by atoms with Gasteiger partial charge in [0.05, 0.1) is 28.3 Å². The van der Waals surface area contributed by atoms with Gasteiger partial charge in [-0.2, -0.15) is 4.99 Å². The number of sulfone groups is 1. The Labute approximate surface area is 230 Å². The van der Waals surface area contributed by atoms with Crippen molar-refractivity contribution < 1.29 is 22.7 Å². The van der Waals surface area contributed by atoms with Crippen LogP contribution in [0.1, 0.15) is 26.3 Å². The van der Waals surface area contributed by atoms with Gasteiger partial charge < -0.3 is 15.0 Å². The zero-order valence-corrected chi connectivity index (χ0v) is 23.6. The number of aliphatic imine (C=N–C) groups is 1. The number of fused-ring (bicyclic) bond motifs is 1. The van der Waals surface area contributed by atoms with Crippen molar-refractivity contribution in [3.63, 3.8) is 0 Å². The van der Waals surface area contributed by atoms with E-state index in [1.165, 1.54) is 11.8 Å². The maximum absolute atomic E-state index is 13.5. The van der Waals surface area contributed by atoms with Crippen molar-refractivity contribution >= 4 is 67.7 Å². The number of hydrogen-bond donors (Lipinski definition) is 1. The van der Waals surface area contributed by atoms with Crippen molar-refractivity contribution in [2.75, 3.05) is 16.4 Å². The van der Waals surface area contributed by atoms with E-state index in [4.69, 9.17) is 27.9 Å². The van der Waals surface area contributed by atoms with Crippen molar-refractivity contribution in [3.05, 3.63) is 64.1 Å². The Hall–Kier alpha value is -2.27. The lowest BCUT2D eigenvalue weighted by Crippen LogP contribution is -2.45. The molecule has 0 unspecified atom stereocenters. The number of nitrogens with one attached hydrogen (secondary N) is 1. The van der Waals surface area contributed by atoms with E-state index in [2.05, 4.69) is 10.3 Å².